The zero-order valence-electron chi connectivity index (χ0n) is 13.9. The second kappa shape index (κ2) is 6.72. The van der Waals surface area contributed by atoms with Crippen LogP contribution in [0.15, 0.2) is 36.4 Å². The highest BCUT2D eigenvalue weighted by molar-refractivity contribution is 5.99. The Morgan fingerprint density at radius 3 is 2.76 bits per heavy atom. The summed E-state index contributed by atoms with van der Waals surface area (Å²) in [5.41, 5.74) is 7.76. The molecule has 1 aliphatic rings. The SMILES string of the molecule is Cc1cccc(C(=O)O[C@@H](C)C(=O)Nc2ccc3c(c2)OCO3)c1N. The lowest BCUT2D eigenvalue weighted by molar-refractivity contribution is -0.123. The van der Waals surface area contributed by atoms with Crippen LogP contribution in [-0.4, -0.2) is 24.8 Å². The number of aryl methyl sites for hydroxylation is 1. The van der Waals surface area contributed by atoms with Crippen LogP contribution in [0.4, 0.5) is 11.4 Å². The Morgan fingerprint density at radius 2 is 1.96 bits per heavy atom. The second-order valence-electron chi connectivity index (χ2n) is 5.64. The number of anilines is 2. The predicted octanol–water partition coefficient (Wildman–Crippen LogP) is 2.49. The zero-order chi connectivity index (χ0) is 18.0. The summed E-state index contributed by atoms with van der Waals surface area (Å²) < 4.78 is 15.7. The van der Waals surface area contributed by atoms with Crippen molar-refractivity contribution in [2.24, 2.45) is 0 Å². The number of nitrogens with two attached hydrogens (primary N) is 1. The highest BCUT2D eigenvalue weighted by Crippen LogP contribution is 2.34. The average Bonchev–Trinajstić information content (AvgIpc) is 3.04. The quantitative estimate of drug-likeness (QED) is 0.654. The van der Waals surface area contributed by atoms with Gasteiger partial charge in [-0.15, -0.1) is 0 Å². The number of benzene rings is 2. The topological polar surface area (TPSA) is 99.9 Å². The van der Waals surface area contributed by atoms with Crippen molar-refractivity contribution in [1.29, 1.82) is 0 Å². The van der Waals surface area contributed by atoms with Crippen LogP contribution in [0.5, 0.6) is 11.5 Å². The zero-order valence-corrected chi connectivity index (χ0v) is 13.9. The van der Waals surface area contributed by atoms with E-state index in [1.54, 1.807) is 43.3 Å². The fraction of sp³-hybridized carbons (Fsp3) is 0.222. The molecule has 1 atom stereocenters. The molecule has 0 saturated carbocycles. The van der Waals surface area contributed by atoms with E-state index in [0.29, 0.717) is 22.9 Å². The Kier molecular flexibility index (Phi) is 4.47. The molecule has 1 aliphatic heterocycles. The van der Waals surface area contributed by atoms with Gasteiger partial charge < -0.3 is 25.3 Å². The summed E-state index contributed by atoms with van der Waals surface area (Å²) in [5, 5.41) is 2.67. The van der Waals surface area contributed by atoms with Gasteiger partial charge in [0.2, 0.25) is 6.79 Å². The highest BCUT2D eigenvalue weighted by Gasteiger charge is 2.22. The normalized spacial score (nSPS) is 13.2. The standard InChI is InChI=1S/C18H18N2O5/c1-10-4-3-5-13(16(10)19)18(22)25-11(2)17(21)20-12-6-7-14-15(8-12)24-9-23-14/h3-8,11H,9,19H2,1-2H3,(H,20,21)/t11-/m0/s1. The van der Waals surface area contributed by atoms with Crippen molar-refractivity contribution >= 4 is 23.3 Å². The summed E-state index contributed by atoms with van der Waals surface area (Å²) in [6.45, 7) is 3.44. The van der Waals surface area contributed by atoms with E-state index in [-0.39, 0.29) is 12.4 Å². The minimum absolute atomic E-state index is 0.151. The van der Waals surface area contributed by atoms with E-state index in [1.807, 2.05) is 0 Å². The Balaban J connectivity index is 1.64. The molecule has 0 aromatic heterocycles. The number of carbonyl (C=O) groups excluding carboxylic acids is 2. The van der Waals surface area contributed by atoms with Crippen LogP contribution >= 0.6 is 0 Å². The van der Waals surface area contributed by atoms with Crippen molar-refractivity contribution in [2.75, 3.05) is 17.8 Å². The maximum Gasteiger partial charge on any atom is 0.341 e. The lowest BCUT2D eigenvalue weighted by Gasteiger charge is -2.15. The number of carbonyl (C=O) groups is 2. The van der Waals surface area contributed by atoms with Crippen molar-refractivity contribution < 1.29 is 23.8 Å². The molecule has 0 aliphatic carbocycles. The van der Waals surface area contributed by atoms with Gasteiger partial charge in [0.1, 0.15) is 0 Å². The number of para-hydroxylation sites is 1. The van der Waals surface area contributed by atoms with Crippen molar-refractivity contribution in [3.63, 3.8) is 0 Å². The third-order valence-corrected chi connectivity index (χ3v) is 3.84. The van der Waals surface area contributed by atoms with Gasteiger partial charge in [0, 0.05) is 17.4 Å². The molecule has 0 bridgehead atoms. The van der Waals surface area contributed by atoms with Crippen molar-refractivity contribution in [1.82, 2.24) is 0 Å². The molecule has 0 spiro atoms. The Labute approximate surface area is 144 Å². The molecule has 2 aromatic carbocycles. The monoisotopic (exact) mass is 342 g/mol. The second-order valence-corrected chi connectivity index (χ2v) is 5.64. The van der Waals surface area contributed by atoms with Crippen LogP contribution in [0.2, 0.25) is 0 Å². The van der Waals surface area contributed by atoms with Gasteiger partial charge in [-0.25, -0.2) is 4.79 Å². The van der Waals surface area contributed by atoms with Crippen molar-refractivity contribution in [3.05, 3.63) is 47.5 Å². The summed E-state index contributed by atoms with van der Waals surface area (Å²) in [5.74, 6) is 0.0651. The molecule has 7 nitrogen and oxygen atoms in total. The molecular weight excluding hydrogens is 324 g/mol. The van der Waals surface area contributed by atoms with E-state index in [1.165, 1.54) is 6.92 Å². The summed E-state index contributed by atoms with van der Waals surface area (Å²) in [4.78, 5) is 24.5. The molecule has 3 rings (SSSR count). The van der Waals surface area contributed by atoms with E-state index in [9.17, 15) is 9.59 Å². The Hall–Kier alpha value is -3.22. The molecule has 25 heavy (non-hydrogen) atoms. The van der Waals surface area contributed by atoms with E-state index < -0.39 is 18.0 Å². The molecule has 3 N–H and O–H groups in total. The molecule has 2 aromatic rings. The lowest BCUT2D eigenvalue weighted by Crippen LogP contribution is -2.30. The minimum Gasteiger partial charge on any atom is -0.454 e. The molecule has 130 valence electrons. The van der Waals surface area contributed by atoms with Gasteiger partial charge in [-0.1, -0.05) is 12.1 Å². The van der Waals surface area contributed by atoms with Gasteiger partial charge in [-0.05, 0) is 37.6 Å². The number of ether oxygens (including phenoxy) is 3. The van der Waals surface area contributed by atoms with Crippen molar-refractivity contribution in [3.8, 4) is 11.5 Å². The summed E-state index contributed by atoms with van der Waals surface area (Å²) >= 11 is 0. The molecule has 1 amide bonds. The minimum atomic E-state index is -0.988. The smallest absolute Gasteiger partial charge is 0.341 e. The molecular formula is C18H18N2O5. The maximum absolute atomic E-state index is 12.2. The molecule has 0 unspecified atom stereocenters. The fourth-order valence-electron chi connectivity index (χ4n) is 2.35. The Bertz CT molecular complexity index is 834. The maximum atomic E-state index is 12.2. The average molecular weight is 342 g/mol. The van der Waals surface area contributed by atoms with Gasteiger partial charge in [0.05, 0.1) is 5.56 Å². The number of fused-ring (bicyclic) bond motifs is 1. The molecule has 1 heterocycles. The summed E-state index contributed by atoms with van der Waals surface area (Å²) in [6.07, 6.45) is -0.988. The molecule has 7 heteroatoms. The fourth-order valence-corrected chi connectivity index (χ4v) is 2.35. The summed E-state index contributed by atoms with van der Waals surface area (Å²) in [7, 11) is 0. The predicted molar refractivity (Wildman–Crippen MR) is 91.7 cm³/mol. The number of amides is 1. The van der Waals surface area contributed by atoms with Crippen LogP contribution in [0.1, 0.15) is 22.8 Å². The van der Waals surface area contributed by atoms with Gasteiger partial charge in [0.25, 0.3) is 5.91 Å². The van der Waals surface area contributed by atoms with E-state index in [0.717, 1.165) is 5.56 Å². The van der Waals surface area contributed by atoms with Crippen LogP contribution < -0.4 is 20.5 Å². The van der Waals surface area contributed by atoms with E-state index >= 15 is 0 Å². The van der Waals surface area contributed by atoms with Crippen molar-refractivity contribution in [2.45, 2.75) is 20.0 Å². The number of rotatable bonds is 4. The number of esters is 1. The highest BCUT2D eigenvalue weighted by atomic mass is 16.7. The van der Waals surface area contributed by atoms with Gasteiger partial charge >= 0.3 is 5.97 Å². The third kappa shape index (κ3) is 3.50. The third-order valence-electron chi connectivity index (χ3n) is 3.84. The van der Waals surface area contributed by atoms with Gasteiger partial charge in [0.15, 0.2) is 17.6 Å². The lowest BCUT2D eigenvalue weighted by atomic mass is 10.1. The van der Waals surface area contributed by atoms with Crippen LogP contribution in [0, 0.1) is 6.92 Å². The molecule has 0 fully saturated rings. The first kappa shape index (κ1) is 16.6. The summed E-state index contributed by atoms with van der Waals surface area (Å²) in [6, 6.07) is 10.1. The number of nitrogens with one attached hydrogen (secondary N) is 1. The number of hydrogen-bond donors (Lipinski definition) is 2. The first-order valence-corrected chi connectivity index (χ1v) is 7.72. The Morgan fingerprint density at radius 1 is 1.20 bits per heavy atom. The van der Waals surface area contributed by atoms with Crippen LogP contribution in [-0.2, 0) is 9.53 Å². The number of nitrogen functional groups attached to an aromatic ring is 1. The van der Waals surface area contributed by atoms with E-state index in [4.69, 9.17) is 19.9 Å². The van der Waals surface area contributed by atoms with Gasteiger partial charge in [-0.3, -0.25) is 4.79 Å². The number of hydrogen-bond acceptors (Lipinski definition) is 6. The largest absolute Gasteiger partial charge is 0.454 e. The first-order chi connectivity index (χ1) is 12.0. The van der Waals surface area contributed by atoms with E-state index in [2.05, 4.69) is 5.32 Å². The van der Waals surface area contributed by atoms with Crippen LogP contribution in [0.3, 0.4) is 0 Å². The van der Waals surface area contributed by atoms with Crippen LogP contribution in [0.25, 0.3) is 0 Å². The first-order valence-electron chi connectivity index (χ1n) is 7.72. The molecule has 0 saturated heterocycles. The van der Waals surface area contributed by atoms with Gasteiger partial charge in [-0.2, -0.15) is 0 Å². The molecule has 0 radical (unpaired) electrons.